The van der Waals surface area contributed by atoms with Crippen LogP contribution in [0.1, 0.15) is 29.0 Å². The van der Waals surface area contributed by atoms with E-state index in [4.69, 9.17) is 14.7 Å². The summed E-state index contributed by atoms with van der Waals surface area (Å²) < 4.78 is 10.8. The Morgan fingerprint density at radius 3 is 2.68 bits per heavy atom. The average Bonchev–Trinajstić information content (AvgIpc) is 3.15. The van der Waals surface area contributed by atoms with Gasteiger partial charge in [-0.1, -0.05) is 36.4 Å². The number of benzene rings is 2. The zero-order valence-corrected chi connectivity index (χ0v) is 15.1. The van der Waals surface area contributed by atoms with Crippen LogP contribution in [0.3, 0.4) is 0 Å². The zero-order valence-electron chi connectivity index (χ0n) is 15.1. The molecule has 0 radical (unpaired) electrons. The number of carbonyl (C=O) groups is 1. The highest BCUT2D eigenvalue weighted by Crippen LogP contribution is 2.38. The summed E-state index contributed by atoms with van der Waals surface area (Å²) in [6.45, 7) is 0. The minimum atomic E-state index is -0.476. The number of aromatic nitrogens is 1. The Hall–Kier alpha value is -3.85. The molecule has 1 aliphatic heterocycles. The third-order valence-corrected chi connectivity index (χ3v) is 4.64. The lowest BCUT2D eigenvalue weighted by Gasteiger charge is -2.19. The first-order valence-corrected chi connectivity index (χ1v) is 8.76. The number of ether oxygens (including phenoxy) is 2. The lowest BCUT2D eigenvalue weighted by molar-refractivity contribution is 0.132. The van der Waals surface area contributed by atoms with Crippen LogP contribution in [0.5, 0.6) is 5.75 Å². The second kappa shape index (κ2) is 7.41. The maximum atomic E-state index is 12.0. The molecule has 1 fully saturated rings. The van der Waals surface area contributed by atoms with Gasteiger partial charge in [0.2, 0.25) is 0 Å². The number of carbonyl (C=O) groups excluding carboxylic acids is 1. The molecule has 0 unspecified atom stereocenters. The van der Waals surface area contributed by atoms with Crippen molar-refractivity contribution in [3.8, 4) is 23.1 Å². The van der Waals surface area contributed by atoms with Gasteiger partial charge in [0, 0.05) is 5.56 Å². The molecule has 0 bridgehead atoms. The number of nitrogens with one attached hydrogen (secondary N) is 1. The summed E-state index contributed by atoms with van der Waals surface area (Å²) in [6, 6.07) is 22.2. The molecule has 1 aliphatic rings. The van der Waals surface area contributed by atoms with Gasteiger partial charge in [0.25, 0.3) is 0 Å². The number of pyridine rings is 1. The standard InChI is InChI=1S/C22H17N3O3/c1-27-18-9-3-7-16(12-18)21-20(25-22(26)28-21)15-6-2-5-14(11-15)19-10-4-8-17(13-23)24-19/h2-12,20-21H,1H3,(H,25,26)/t20-,21-/m1/s1. The zero-order chi connectivity index (χ0) is 19.5. The van der Waals surface area contributed by atoms with Gasteiger partial charge in [-0.15, -0.1) is 0 Å². The Bertz CT molecular complexity index is 1070. The lowest BCUT2D eigenvalue weighted by atomic mass is 9.94. The van der Waals surface area contributed by atoms with Crippen LogP contribution in [0.25, 0.3) is 11.3 Å². The van der Waals surface area contributed by atoms with E-state index in [0.29, 0.717) is 17.1 Å². The van der Waals surface area contributed by atoms with Crippen LogP contribution in [-0.4, -0.2) is 18.2 Å². The van der Waals surface area contributed by atoms with Crippen molar-refractivity contribution in [1.82, 2.24) is 10.3 Å². The van der Waals surface area contributed by atoms with E-state index in [1.54, 1.807) is 19.2 Å². The summed E-state index contributed by atoms with van der Waals surface area (Å²) in [4.78, 5) is 16.3. The lowest BCUT2D eigenvalue weighted by Crippen LogP contribution is -2.19. The third-order valence-electron chi connectivity index (χ3n) is 4.64. The molecular weight excluding hydrogens is 354 g/mol. The van der Waals surface area contributed by atoms with Gasteiger partial charge in [-0.25, -0.2) is 9.78 Å². The molecule has 2 heterocycles. The number of nitriles is 1. The molecule has 1 saturated heterocycles. The van der Waals surface area contributed by atoms with Crippen molar-refractivity contribution in [3.05, 3.63) is 83.6 Å². The fraction of sp³-hybridized carbons (Fsp3) is 0.136. The van der Waals surface area contributed by atoms with Crippen LogP contribution in [0, 0.1) is 11.3 Å². The van der Waals surface area contributed by atoms with Crippen molar-refractivity contribution in [3.63, 3.8) is 0 Å². The van der Waals surface area contributed by atoms with Crippen molar-refractivity contribution in [1.29, 1.82) is 5.26 Å². The van der Waals surface area contributed by atoms with Gasteiger partial charge < -0.3 is 14.8 Å². The molecule has 0 aliphatic carbocycles. The minimum Gasteiger partial charge on any atom is -0.497 e. The molecule has 2 atom stereocenters. The second-order valence-electron chi connectivity index (χ2n) is 6.37. The number of rotatable bonds is 4. The van der Waals surface area contributed by atoms with Crippen molar-refractivity contribution in [2.75, 3.05) is 7.11 Å². The van der Waals surface area contributed by atoms with Crippen molar-refractivity contribution in [2.24, 2.45) is 0 Å². The highest BCUT2D eigenvalue weighted by molar-refractivity contribution is 5.72. The summed E-state index contributed by atoms with van der Waals surface area (Å²) in [5.41, 5.74) is 3.65. The van der Waals surface area contributed by atoms with Gasteiger partial charge in [-0.3, -0.25) is 0 Å². The van der Waals surface area contributed by atoms with Crippen LogP contribution in [0.4, 0.5) is 4.79 Å². The molecule has 3 aromatic rings. The van der Waals surface area contributed by atoms with E-state index in [2.05, 4.69) is 16.4 Å². The molecule has 138 valence electrons. The van der Waals surface area contributed by atoms with Gasteiger partial charge in [0.05, 0.1) is 18.8 Å². The molecule has 1 amide bonds. The van der Waals surface area contributed by atoms with Crippen molar-refractivity contribution >= 4 is 6.09 Å². The number of nitrogens with zero attached hydrogens (tertiary/aromatic N) is 2. The minimum absolute atomic E-state index is 0.348. The molecule has 6 nitrogen and oxygen atoms in total. The largest absolute Gasteiger partial charge is 0.497 e. The average molecular weight is 371 g/mol. The molecule has 28 heavy (non-hydrogen) atoms. The molecule has 1 aromatic heterocycles. The van der Waals surface area contributed by atoms with Gasteiger partial charge in [-0.2, -0.15) is 5.26 Å². The molecule has 6 heteroatoms. The van der Waals surface area contributed by atoms with Gasteiger partial charge >= 0.3 is 6.09 Å². The molecular formula is C22H17N3O3. The highest BCUT2D eigenvalue weighted by Gasteiger charge is 2.36. The van der Waals surface area contributed by atoms with Crippen LogP contribution in [-0.2, 0) is 4.74 Å². The van der Waals surface area contributed by atoms with E-state index >= 15 is 0 Å². The van der Waals surface area contributed by atoms with Gasteiger partial charge in [0.1, 0.15) is 17.5 Å². The topological polar surface area (TPSA) is 84.2 Å². The second-order valence-corrected chi connectivity index (χ2v) is 6.37. The molecule has 0 saturated carbocycles. The maximum Gasteiger partial charge on any atom is 0.408 e. The quantitative estimate of drug-likeness (QED) is 0.745. The number of cyclic esters (lactones) is 1. The monoisotopic (exact) mass is 371 g/mol. The Morgan fingerprint density at radius 2 is 1.86 bits per heavy atom. The summed E-state index contributed by atoms with van der Waals surface area (Å²) in [5, 5.41) is 12.0. The van der Waals surface area contributed by atoms with Gasteiger partial charge in [0.15, 0.2) is 6.10 Å². The Balaban J connectivity index is 1.71. The van der Waals surface area contributed by atoms with E-state index in [-0.39, 0.29) is 6.04 Å². The first kappa shape index (κ1) is 17.6. The Kier molecular flexibility index (Phi) is 4.65. The van der Waals surface area contributed by atoms with Crippen LogP contribution in [0.15, 0.2) is 66.7 Å². The maximum absolute atomic E-state index is 12.0. The molecule has 2 aromatic carbocycles. The van der Waals surface area contributed by atoms with E-state index < -0.39 is 12.2 Å². The number of alkyl carbamates (subject to hydrolysis) is 1. The van der Waals surface area contributed by atoms with Crippen molar-refractivity contribution in [2.45, 2.75) is 12.1 Å². The number of hydrogen-bond acceptors (Lipinski definition) is 5. The normalized spacial score (nSPS) is 18.1. The molecule has 0 spiro atoms. The predicted octanol–water partition coefficient (Wildman–Crippen LogP) is 4.15. The van der Waals surface area contributed by atoms with Crippen molar-refractivity contribution < 1.29 is 14.3 Å². The van der Waals surface area contributed by atoms with E-state index in [0.717, 1.165) is 16.7 Å². The number of methoxy groups -OCH3 is 1. The van der Waals surface area contributed by atoms with Crippen LogP contribution >= 0.6 is 0 Å². The number of amides is 1. The summed E-state index contributed by atoms with van der Waals surface area (Å²) in [6.07, 6.45) is -0.941. The highest BCUT2D eigenvalue weighted by atomic mass is 16.6. The van der Waals surface area contributed by atoms with E-state index in [1.807, 2.05) is 54.6 Å². The predicted molar refractivity (Wildman–Crippen MR) is 102 cm³/mol. The molecule has 1 N–H and O–H groups in total. The summed E-state index contributed by atoms with van der Waals surface area (Å²) in [5.74, 6) is 0.700. The molecule has 4 rings (SSSR count). The van der Waals surface area contributed by atoms with E-state index in [1.165, 1.54) is 0 Å². The van der Waals surface area contributed by atoms with E-state index in [9.17, 15) is 4.79 Å². The first-order chi connectivity index (χ1) is 13.7. The first-order valence-electron chi connectivity index (χ1n) is 8.76. The third kappa shape index (κ3) is 3.38. The Labute approximate surface area is 162 Å². The smallest absolute Gasteiger partial charge is 0.408 e. The Morgan fingerprint density at radius 1 is 1.07 bits per heavy atom. The van der Waals surface area contributed by atoms with Crippen LogP contribution in [0.2, 0.25) is 0 Å². The summed E-state index contributed by atoms with van der Waals surface area (Å²) in [7, 11) is 1.60. The summed E-state index contributed by atoms with van der Waals surface area (Å²) >= 11 is 0. The van der Waals surface area contributed by atoms with Crippen LogP contribution < -0.4 is 10.1 Å². The fourth-order valence-electron chi connectivity index (χ4n) is 3.31. The fourth-order valence-corrected chi connectivity index (χ4v) is 3.31. The SMILES string of the molecule is COc1cccc([C@H]2OC(=O)N[C@@H]2c2cccc(-c3cccc(C#N)n3)c2)c1. The van der Waals surface area contributed by atoms with Gasteiger partial charge in [-0.05, 0) is 41.5 Å². The number of hydrogen-bond donors (Lipinski definition) is 1.